The maximum Gasteiger partial charge on any atom is 0.323 e. The zero-order valence-electron chi connectivity index (χ0n) is 14.8. The van der Waals surface area contributed by atoms with Crippen LogP contribution in [-0.2, 0) is 5.41 Å². The Hall–Kier alpha value is -2.29. The Bertz CT molecular complexity index is 710. The molecule has 0 saturated carbocycles. The van der Waals surface area contributed by atoms with Crippen LogP contribution >= 0.6 is 11.3 Å². The van der Waals surface area contributed by atoms with Gasteiger partial charge in [-0.2, -0.15) is 0 Å². The molecule has 25 heavy (non-hydrogen) atoms. The molecule has 0 unspecified atom stereocenters. The molecule has 0 aliphatic carbocycles. The molecule has 1 N–H and O–H groups in total. The van der Waals surface area contributed by atoms with Crippen LogP contribution in [0.3, 0.4) is 0 Å². The third kappa shape index (κ3) is 4.04. The number of hydrogen-bond acceptors (Lipinski definition) is 7. The summed E-state index contributed by atoms with van der Waals surface area (Å²) in [6.07, 6.45) is 4.43. The zero-order valence-corrected chi connectivity index (χ0v) is 15.6. The van der Waals surface area contributed by atoms with E-state index in [2.05, 4.69) is 51.2 Å². The van der Waals surface area contributed by atoms with Gasteiger partial charge in [0.2, 0.25) is 11.1 Å². The van der Waals surface area contributed by atoms with Gasteiger partial charge in [-0.3, -0.25) is 5.32 Å². The number of aromatic nitrogens is 4. The highest BCUT2D eigenvalue weighted by molar-refractivity contribution is 7.15. The van der Waals surface area contributed by atoms with E-state index in [1.165, 1.54) is 11.3 Å². The van der Waals surface area contributed by atoms with Crippen molar-refractivity contribution < 1.29 is 4.79 Å². The molecule has 0 atom stereocenters. The third-order valence-electron chi connectivity index (χ3n) is 4.50. The molecule has 134 valence electrons. The molecule has 3 heterocycles. The van der Waals surface area contributed by atoms with Gasteiger partial charge in [-0.05, 0) is 12.5 Å². The minimum absolute atomic E-state index is 0.0258. The Balaban J connectivity index is 1.55. The molecule has 1 fully saturated rings. The van der Waals surface area contributed by atoms with Gasteiger partial charge in [-0.1, -0.05) is 32.1 Å². The number of amides is 2. The van der Waals surface area contributed by atoms with E-state index < -0.39 is 0 Å². The molecular weight excluding hydrogens is 338 g/mol. The van der Waals surface area contributed by atoms with Crippen LogP contribution in [0.4, 0.5) is 15.9 Å². The number of nitrogens with zero attached hydrogens (tertiary/aromatic N) is 6. The van der Waals surface area contributed by atoms with E-state index in [9.17, 15) is 4.79 Å². The van der Waals surface area contributed by atoms with Gasteiger partial charge >= 0.3 is 6.03 Å². The van der Waals surface area contributed by atoms with Crippen LogP contribution in [0, 0.1) is 0 Å². The Morgan fingerprint density at radius 2 is 1.88 bits per heavy atom. The summed E-state index contributed by atoms with van der Waals surface area (Å²) in [6.45, 7) is 9.04. The van der Waals surface area contributed by atoms with Crippen molar-refractivity contribution in [3.8, 4) is 0 Å². The average Bonchev–Trinajstić information content (AvgIpc) is 3.12. The maximum absolute atomic E-state index is 12.4. The van der Waals surface area contributed by atoms with E-state index in [0.717, 1.165) is 11.4 Å². The first-order valence-electron chi connectivity index (χ1n) is 8.41. The number of anilines is 2. The van der Waals surface area contributed by atoms with Gasteiger partial charge < -0.3 is 9.80 Å². The highest BCUT2D eigenvalue weighted by Gasteiger charge is 2.26. The van der Waals surface area contributed by atoms with Gasteiger partial charge in [0.1, 0.15) is 5.01 Å². The Labute approximate surface area is 151 Å². The summed E-state index contributed by atoms with van der Waals surface area (Å²) in [6, 6.07) is 1.66. The monoisotopic (exact) mass is 361 g/mol. The minimum Gasteiger partial charge on any atom is -0.337 e. The smallest absolute Gasteiger partial charge is 0.323 e. The van der Waals surface area contributed by atoms with Crippen molar-refractivity contribution in [3.05, 3.63) is 23.5 Å². The lowest BCUT2D eigenvalue weighted by Crippen LogP contribution is -2.50. The Morgan fingerprint density at radius 3 is 2.52 bits per heavy atom. The minimum atomic E-state index is -0.134. The number of hydrogen-bond donors (Lipinski definition) is 1. The average molecular weight is 361 g/mol. The highest BCUT2D eigenvalue weighted by atomic mass is 32.1. The number of piperazine rings is 1. The number of carbonyl (C=O) groups is 1. The lowest BCUT2D eigenvalue weighted by Gasteiger charge is -2.34. The lowest BCUT2D eigenvalue weighted by molar-refractivity contribution is 0.208. The van der Waals surface area contributed by atoms with Crippen molar-refractivity contribution in [3.63, 3.8) is 0 Å². The largest absolute Gasteiger partial charge is 0.337 e. The Kier molecular flexibility index (Phi) is 5.12. The SMILES string of the molecule is CCC(C)(C)c1nnc(NC(=O)N2CCN(c3ncccn3)CC2)s1. The molecule has 1 aliphatic rings. The molecule has 9 heteroatoms. The van der Waals surface area contributed by atoms with Gasteiger partial charge in [0.05, 0.1) is 0 Å². The fourth-order valence-corrected chi connectivity index (χ4v) is 3.34. The molecule has 2 amide bonds. The summed E-state index contributed by atoms with van der Waals surface area (Å²) in [7, 11) is 0. The summed E-state index contributed by atoms with van der Waals surface area (Å²) in [5, 5.41) is 12.7. The fraction of sp³-hybridized carbons (Fsp3) is 0.562. The van der Waals surface area contributed by atoms with E-state index in [1.54, 1.807) is 23.4 Å². The van der Waals surface area contributed by atoms with Crippen molar-refractivity contribution in [1.82, 2.24) is 25.1 Å². The molecule has 0 radical (unpaired) electrons. The topological polar surface area (TPSA) is 87.1 Å². The predicted octanol–water partition coefficient (Wildman–Crippen LogP) is 2.37. The number of urea groups is 1. The molecule has 8 nitrogen and oxygen atoms in total. The van der Waals surface area contributed by atoms with Gasteiger partial charge in [0, 0.05) is 44.0 Å². The first-order chi connectivity index (χ1) is 12.0. The molecule has 3 rings (SSSR count). The van der Waals surface area contributed by atoms with Crippen molar-refractivity contribution in [2.45, 2.75) is 32.6 Å². The molecular formula is C16H23N7OS. The van der Waals surface area contributed by atoms with Crippen LogP contribution in [0.5, 0.6) is 0 Å². The second-order valence-electron chi connectivity index (χ2n) is 6.60. The van der Waals surface area contributed by atoms with Gasteiger partial charge in [-0.25, -0.2) is 14.8 Å². The van der Waals surface area contributed by atoms with Crippen LogP contribution in [0.2, 0.25) is 0 Å². The zero-order chi connectivity index (χ0) is 17.9. The van der Waals surface area contributed by atoms with E-state index in [-0.39, 0.29) is 11.4 Å². The van der Waals surface area contributed by atoms with Crippen molar-refractivity contribution >= 4 is 28.4 Å². The van der Waals surface area contributed by atoms with E-state index in [1.807, 2.05) is 0 Å². The van der Waals surface area contributed by atoms with Gasteiger partial charge in [0.25, 0.3) is 0 Å². The van der Waals surface area contributed by atoms with E-state index >= 15 is 0 Å². The standard InChI is InChI=1S/C16H23N7OS/c1-4-16(2,3)12-20-21-14(25-12)19-15(24)23-10-8-22(9-11-23)13-17-6-5-7-18-13/h5-7H,4,8-11H2,1-3H3,(H,19,21,24). The second-order valence-corrected chi connectivity index (χ2v) is 7.58. The summed E-state index contributed by atoms with van der Waals surface area (Å²) < 4.78 is 0. The van der Waals surface area contributed by atoms with E-state index in [0.29, 0.717) is 37.3 Å². The highest BCUT2D eigenvalue weighted by Crippen LogP contribution is 2.31. The van der Waals surface area contributed by atoms with Crippen molar-refractivity contribution in [2.75, 3.05) is 36.4 Å². The molecule has 0 aromatic carbocycles. The summed E-state index contributed by atoms with van der Waals surface area (Å²) in [5.74, 6) is 0.707. The van der Waals surface area contributed by atoms with Crippen LogP contribution in [0.25, 0.3) is 0 Å². The first kappa shape index (κ1) is 17.5. The van der Waals surface area contributed by atoms with Crippen LogP contribution in [-0.4, -0.2) is 57.3 Å². The third-order valence-corrected chi connectivity index (χ3v) is 5.71. The first-order valence-corrected chi connectivity index (χ1v) is 9.23. The quantitative estimate of drug-likeness (QED) is 0.900. The number of nitrogens with one attached hydrogen (secondary N) is 1. The maximum atomic E-state index is 12.4. The predicted molar refractivity (Wildman–Crippen MR) is 98.1 cm³/mol. The van der Waals surface area contributed by atoms with Crippen LogP contribution in [0.1, 0.15) is 32.2 Å². The molecule has 2 aromatic rings. The summed E-state index contributed by atoms with van der Waals surface area (Å²) >= 11 is 1.44. The number of carbonyl (C=O) groups excluding carboxylic acids is 1. The van der Waals surface area contributed by atoms with Crippen LogP contribution < -0.4 is 10.2 Å². The molecule has 0 spiro atoms. The Morgan fingerprint density at radius 1 is 1.20 bits per heavy atom. The lowest BCUT2D eigenvalue weighted by atomic mass is 9.91. The van der Waals surface area contributed by atoms with E-state index in [4.69, 9.17) is 0 Å². The summed E-state index contributed by atoms with van der Waals surface area (Å²) in [5.41, 5.74) is -0.0258. The fourth-order valence-electron chi connectivity index (χ4n) is 2.43. The second kappa shape index (κ2) is 7.30. The molecule has 1 saturated heterocycles. The van der Waals surface area contributed by atoms with Gasteiger partial charge in [0.15, 0.2) is 0 Å². The van der Waals surface area contributed by atoms with Crippen LogP contribution in [0.15, 0.2) is 18.5 Å². The normalized spacial score (nSPS) is 15.3. The van der Waals surface area contributed by atoms with Crippen molar-refractivity contribution in [2.24, 2.45) is 0 Å². The number of rotatable bonds is 4. The molecule has 0 bridgehead atoms. The summed E-state index contributed by atoms with van der Waals surface area (Å²) in [4.78, 5) is 24.8. The molecule has 1 aliphatic heterocycles. The van der Waals surface area contributed by atoms with Crippen molar-refractivity contribution in [1.29, 1.82) is 0 Å². The molecule has 2 aromatic heterocycles. The van der Waals surface area contributed by atoms with Gasteiger partial charge in [-0.15, -0.1) is 10.2 Å².